The molecule has 22 heavy (non-hydrogen) atoms. The first-order valence-electron chi connectivity index (χ1n) is 7.80. The second-order valence-corrected chi connectivity index (χ2v) is 6.63. The van der Waals surface area contributed by atoms with Gasteiger partial charge in [-0.1, -0.05) is 6.42 Å². The van der Waals surface area contributed by atoms with Crippen molar-refractivity contribution in [3.05, 3.63) is 33.9 Å². The third kappa shape index (κ3) is 2.65. The van der Waals surface area contributed by atoms with Gasteiger partial charge in [-0.3, -0.25) is 14.9 Å². The van der Waals surface area contributed by atoms with Crippen LogP contribution in [0.4, 0.5) is 11.4 Å². The van der Waals surface area contributed by atoms with Gasteiger partial charge in [-0.05, 0) is 56.1 Å². The molecule has 4 atom stereocenters. The van der Waals surface area contributed by atoms with E-state index in [-0.39, 0.29) is 28.9 Å². The van der Waals surface area contributed by atoms with Crippen molar-refractivity contribution < 1.29 is 9.72 Å². The first-order chi connectivity index (χ1) is 10.5. The number of hydrogen-bond donors (Lipinski definition) is 2. The van der Waals surface area contributed by atoms with Crippen LogP contribution >= 0.6 is 0 Å². The highest BCUT2D eigenvalue weighted by Gasteiger charge is 2.42. The quantitative estimate of drug-likeness (QED) is 0.507. The molecule has 2 bridgehead atoms. The lowest BCUT2D eigenvalue weighted by Crippen LogP contribution is -2.40. The summed E-state index contributed by atoms with van der Waals surface area (Å²) in [5.41, 5.74) is 5.70. The molecule has 118 valence electrons. The van der Waals surface area contributed by atoms with Gasteiger partial charge in [-0.25, -0.2) is 0 Å². The Morgan fingerprint density at radius 2 is 2.18 bits per heavy atom. The Morgan fingerprint density at radius 3 is 2.77 bits per heavy atom. The van der Waals surface area contributed by atoms with Crippen LogP contribution in [0.1, 0.15) is 43.0 Å². The van der Waals surface area contributed by atoms with E-state index in [1.165, 1.54) is 43.9 Å². The summed E-state index contributed by atoms with van der Waals surface area (Å²) in [4.78, 5) is 22.7. The minimum absolute atomic E-state index is 0.0719. The van der Waals surface area contributed by atoms with Crippen molar-refractivity contribution in [3.63, 3.8) is 0 Å². The van der Waals surface area contributed by atoms with E-state index in [1.54, 1.807) is 0 Å². The van der Waals surface area contributed by atoms with Crippen LogP contribution < -0.4 is 11.1 Å². The van der Waals surface area contributed by atoms with Crippen molar-refractivity contribution in [3.8, 4) is 0 Å². The van der Waals surface area contributed by atoms with Gasteiger partial charge in [-0.15, -0.1) is 0 Å². The SMILES string of the molecule is C[C@@H](NC(=O)c1ccc(N)c([N+](=O)[O-])c1)[C@@H]1C[C@H]2CC[C@H]1C2. The summed E-state index contributed by atoms with van der Waals surface area (Å²) in [6.45, 7) is 2.04. The maximum Gasteiger partial charge on any atom is 0.292 e. The highest BCUT2D eigenvalue weighted by molar-refractivity contribution is 5.95. The Labute approximate surface area is 129 Å². The molecule has 1 aromatic carbocycles. The molecule has 0 radical (unpaired) electrons. The van der Waals surface area contributed by atoms with Gasteiger partial charge in [0.05, 0.1) is 4.92 Å². The summed E-state index contributed by atoms with van der Waals surface area (Å²) < 4.78 is 0. The molecule has 2 aliphatic carbocycles. The van der Waals surface area contributed by atoms with Gasteiger partial charge >= 0.3 is 0 Å². The fraction of sp³-hybridized carbons (Fsp3) is 0.562. The average molecular weight is 303 g/mol. The van der Waals surface area contributed by atoms with Crippen molar-refractivity contribution in [2.75, 3.05) is 5.73 Å². The second kappa shape index (κ2) is 5.59. The van der Waals surface area contributed by atoms with E-state index in [2.05, 4.69) is 5.32 Å². The summed E-state index contributed by atoms with van der Waals surface area (Å²) in [5.74, 6) is 1.82. The minimum atomic E-state index is -0.564. The van der Waals surface area contributed by atoms with E-state index < -0.39 is 4.92 Å². The van der Waals surface area contributed by atoms with Crippen LogP contribution in [-0.2, 0) is 0 Å². The van der Waals surface area contributed by atoms with Gasteiger partial charge in [0, 0.05) is 17.7 Å². The van der Waals surface area contributed by atoms with Gasteiger partial charge in [0.25, 0.3) is 11.6 Å². The number of carbonyl (C=O) groups is 1. The normalized spacial score (nSPS) is 27.6. The molecule has 2 saturated carbocycles. The summed E-state index contributed by atoms with van der Waals surface area (Å²) >= 11 is 0. The van der Waals surface area contributed by atoms with Crippen LogP contribution in [0, 0.1) is 27.9 Å². The number of rotatable bonds is 4. The largest absolute Gasteiger partial charge is 0.393 e. The molecule has 0 aromatic heterocycles. The number of benzene rings is 1. The molecule has 1 amide bonds. The summed E-state index contributed by atoms with van der Waals surface area (Å²) in [6.07, 6.45) is 5.07. The molecule has 1 aromatic rings. The van der Waals surface area contributed by atoms with E-state index in [0.29, 0.717) is 5.92 Å². The van der Waals surface area contributed by atoms with Gasteiger partial charge in [0.1, 0.15) is 5.69 Å². The Bertz CT molecular complexity index is 617. The molecule has 3 N–H and O–H groups in total. The number of nitro benzene ring substituents is 1. The monoisotopic (exact) mass is 303 g/mol. The molecular weight excluding hydrogens is 282 g/mol. The molecule has 6 heteroatoms. The number of nitrogens with two attached hydrogens (primary N) is 1. The number of nitrogens with one attached hydrogen (secondary N) is 1. The topological polar surface area (TPSA) is 98.3 Å². The molecule has 0 spiro atoms. The summed E-state index contributed by atoms with van der Waals surface area (Å²) in [5, 5.41) is 13.9. The average Bonchev–Trinajstić information content (AvgIpc) is 3.09. The van der Waals surface area contributed by atoms with E-state index in [9.17, 15) is 14.9 Å². The minimum Gasteiger partial charge on any atom is -0.393 e. The van der Waals surface area contributed by atoms with Crippen molar-refractivity contribution in [2.45, 2.75) is 38.6 Å². The van der Waals surface area contributed by atoms with Crippen LogP contribution in [-0.4, -0.2) is 16.9 Å². The van der Waals surface area contributed by atoms with Crippen molar-refractivity contribution >= 4 is 17.3 Å². The number of nitrogens with zero attached hydrogens (tertiary/aromatic N) is 1. The zero-order valence-corrected chi connectivity index (χ0v) is 12.6. The van der Waals surface area contributed by atoms with Crippen molar-refractivity contribution in [1.82, 2.24) is 5.32 Å². The van der Waals surface area contributed by atoms with Crippen LogP contribution in [0.25, 0.3) is 0 Å². The Kier molecular flexibility index (Phi) is 3.76. The first-order valence-corrected chi connectivity index (χ1v) is 7.80. The molecule has 0 unspecified atom stereocenters. The maximum absolute atomic E-state index is 12.3. The van der Waals surface area contributed by atoms with Gasteiger partial charge in [0.15, 0.2) is 0 Å². The van der Waals surface area contributed by atoms with Crippen molar-refractivity contribution in [1.29, 1.82) is 0 Å². The summed E-state index contributed by atoms with van der Waals surface area (Å²) in [6, 6.07) is 4.29. The van der Waals surface area contributed by atoms with Crippen LogP contribution in [0.3, 0.4) is 0 Å². The summed E-state index contributed by atoms with van der Waals surface area (Å²) in [7, 11) is 0. The third-order valence-electron chi connectivity index (χ3n) is 5.28. The number of fused-ring (bicyclic) bond motifs is 2. The predicted octanol–water partition coefficient (Wildman–Crippen LogP) is 2.73. The molecule has 6 nitrogen and oxygen atoms in total. The lowest BCUT2D eigenvalue weighted by atomic mass is 9.84. The zero-order chi connectivity index (χ0) is 15.9. The number of nitrogen functional groups attached to an aromatic ring is 1. The molecular formula is C16H21N3O3. The maximum atomic E-state index is 12.3. The van der Waals surface area contributed by atoms with E-state index >= 15 is 0 Å². The number of carbonyl (C=O) groups excluding carboxylic acids is 1. The van der Waals surface area contributed by atoms with Gasteiger partial charge in [0.2, 0.25) is 0 Å². The second-order valence-electron chi connectivity index (χ2n) is 6.63. The number of nitro groups is 1. The van der Waals surface area contributed by atoms with Crippen LogP contribution in [0.5, 0.6) is 0 Å². The standard InChI is InChI=1S/C16H21N3O3/c1-9(13-7-10-2-3-11(13)6-10)18-16(20)12-4-5-14(17)15(8-12)19(21)22/h4-5,8-11,13H,2-3,6-7,17H2,1H3,(H,18,20)/t9-,10+,11+,13+/m1/s1. The molecule has 2 aliphatic rings. The van der Waals surface area contributed by atoms with E-state index in [0.717, 1.165) is 11.8 Å². The zero-order valence-electron chi connectivity index (χ0n) is 12.6. The third-order valence-corrected chi connectivity index (χ3v) is 5.28. The molecule has 0 heterocycles. The molecule has 0 aliphatic heterocycles. The molecule has 3 rings (SSSR count). The predicted molar refractivity (Wildman–Crippen MR) is 83.4 cm³/mol. The van der Waals surface area contributed by atoms with Gasteiger partial charge < -0.3 is 11.1 Å². The number of anilines is 1. The van der Waals surface area contributed by atoms with Crippen molar-refractivity contribution in [2.24, 2.45) is 17.8 Å². The Hall–Kier alpha value is -2.11. The van der Waals surface area contributed by atoms with E-state index in [1.807, 2.05) is 6.92 Å². The van der Waals surface area contributed by atoms with Crippen LogP contribution in [0.2, 0.25) is 0 Å². The van der Waals surface area contributed by atoms with Crippen LogP contribution in [0.15, 0.2) is 18.2 Å². The Balaban J connectivity index is 1.69. The lowest BCUT2D eigenvalue weighted by molar-refractivity contribution is -0.383. The first kappa shape index (κ1) is 14.8. The fourth-order valence-electron chi connectivity index (χ4n) is 4.15. The number of hydrogen-bond acceptors (Lipinski definition) is 4. The lowest BCUT2D eigenvalue weighted by Gasteiger charge is -2.28. The fourth-order valence-corrected chi connectivity index (χ4v) is 4.15. The number of amides is 1. The molecule has 2 fully saturated rings. The molecule has 0 saturated heterocycles. The highest BCUT2D eigenvalue weighted by Crippen LogP contribution is 2.49. The smallest absolute Gasteiger partial charge is 0.292 e. The Morgan fingerprint density at radius 1 is 1.41 bits per heavy atom. The van der Waals surface area contributed by atoms with Gasteiger partial charge in [-0.2, -0.15) is 0 Å². The van der Waals surface area contributed by atoms with E-state index in [4.69, 9.17) is 5.73 Å². The highest BCUT2D eigenvalue weighted by atomic mass is 16.6.